The third-order valence-electron chi connectivity index (χ3n) is 4.34. The molecule has 5 nitrogen and oxygen atoms in total. The Labute approximate surface area is 146 Å². The van der Waals surface area contributed by atoms with Crippen molar-refractivity contribution in [3.05, 3.63) is 52.0 Å². The molecule has 0 aliphatic heterocycles. The molecule has 1 amide bonds. The van der Waals surface area contributed by atoms with E-state index in [1.54, 1.807) is 11.3 Å². The highest BCUT2D eigenvalue weighted by atomic mass is 32.1. The summed E-state index contributed by atoms with van der Waals surface area (Å²) in [5.74, 6) is 0.669. The predicted octanol–water partition coefficient (Wildman–Crippen LogP) is 3.21. The Hall–Kier alpha value is -1.92. The van der Waals surface area contributed by atoms with Crippen LogP contribution < -0.4 is 11.1 Å². The van der Waals surface area contributed by atoms with Crippen LogP contribution in [0.4, 0.5) is 4.79 Å². The summed E-state index contributed by atoms with van der Waals surface area (Å²) in [7, 11) is 0. The number of benzene rings is 1. The Morgan fingerprint density at radius 3 is 2.83 bits per heavy atom. The van der Waals surface area contributed by atoms with Gasteiger partial charge in [-0.25, -0.2) is 9.78 Å². The molecule has 1 aromatic carbocycles. The lowest BCUT2D eigenvalue weighted by molar-refractivity contribution is 0.143. The lowest BCUT2D eigenvalue weighted by atomic mass is 9.86. The lowest BCUT2D eigenvalue weighted by Crippen LogP contribution is -2.36. The number of hydrogen-bond donors (Lipinski definition) is 2. The Morgan fingerprint density at radius 2 is 2.17 bits per heavy atom. The Kier molecular flexibility index (Phi) is 5.82. The van der Waals surface area contributed by atoms with E-state index >= 15 is 0 Å². The minimum absolute atomic E-state index is 0.0224. The summed E-state index contributed by atoms with van der Waals surface area (Å²) in [6.45, 7) is 0.989. The van der Waals surface area contributed by atoms with Crippen LogP contribution in [-0.4, -0.2) is 23.7 Å². The molecule has 0 bridgehead atoms. The molecule has 128 valence electrons. The van der Waals surface area contributed by atoms with Crippen molar-refractivity contribution in [1.82, 2.24) is 10.3 Å². The van der Waals surface area contributed by atoms with E-state index in [4.69, 9.17) is 10.5 Å². The number of aromatic nitrogens is 1. The van der Waals surface area contributed by atoms with E-state index in [1.807, 2.05) is 24.4 Å². The maximum atomic E-state index is 10.9. The molecular formula is C18H23N3O2S. The van der Waals surface area contributed by atoms with Crippen LogP contribution in [-0.2, 0) is 17.7 Å². The number of carbonyl (C=O) groups excluding carboxylic acids is 1. The van der Waals surface area contributed by atoms with Crippen molar-refractivity contribution in [3.63, 3.8) is 0 Å². The average Bonchev–Trinajstić information content (AvgIpc) is 2.97. The van der Waals surface area contributed by atoms with Gasteiger partial charge in [0.25, 0.3) is 0 Å². The lowest BCUT2D eigenvalue weighted by Gasteiger charge is -2.22. The van der Waals surface area contributed by atoms with Gasteiger partial charge in [0.15, 0.2) is 0 Å². The monoisotopic (exact) mass is 345 g/mol. The van der Waals surface area contributed by atoms with Crippen LogP contribution in [0.1, 0.15) is 40.6 Å². The number of rotatable bonds is 8. The van der Waals surface area contributed by atoms with Crippen molar-refractivity contribution >= 4 is 17.4 Å². The number of nitrogens with one attached hydrogen (secondary N) is 1. The normalized spacial score (nSPS) is 15.7. The van der Waals surface area contributed by atoms with Gasteiger partial charge >= 0.3 is 6.09 Å². The fraction of sp³-hybridized carbons (Fsp3) is 0.444. The molecular weight excluding hydrogens is 322 g/mol. The highest BCUT2D eigenvalue weighted by Gasteiger charge is 2.22. The van der Waals surface area contributed by atoms with Crippen LogP contribution in [0.25, 0.3) is 0 Å². The number of carbonyl (C=O) groups is 1. The molecule has 1 aromatic heterocycles. The van der Waals surface area contributed by atoms with E-state index in [-0.39, 0.29) is 12.6 Å². The first-order valence-corrected chi connectivity index (χ1v) is 9.16. The summed E-state index contributed by atoms with van der Waals surface area (Å²) < 4.78 is 5.00. The zero-order valence-electron chi connectivity index (χ0n) is 13.6. The molecule has 1 unspecified atom stereocenters. The molecule has 0 saturated heterocycles. The van der Waals surface area contributed by atoms with Gasteiger partial charge < -0.3 is 15.8 Å². The highest BCUT2D eigenvalue weighted by Crippen LogP contribution is 2.38. The standard InChI is InChI=1S/C18H23N3O2S/c19-18(22)23-12-15(9-13-5-2-1-3-6-13)20-10-16-11-21-17(24-16)14-7-4-8-14/h1-3,5-6,11,14-15,20H,4,7-10,12H2,(H2,19,22). The van der Waals surface area contributed by atoms with Gasteiger partial charge in [0.2, 0.25) is 0 Å². The minimum atomic E-state index is -0.736. The summed E-state index contributed by atoms with van der Waals surface area (Å²) in [5, 5.41) is 4.72. The van der Waals surface area contributed by atoms with Gasteiger partial charge in [-0.3, -0.25) is 0 Å². The topological polar surface area (TPSA) is 77.2 Å². The second-order valence-electron chi connectivity index (χ2n) is 6.19. The van der Waals surface area contributed by atoms with Crippen molar-refractivity contribution in [2.45, 2.75) is 44.2 Å². The zero-order valence-corrected chi connectivity index (χ0v) is 14.4. The number of primary amides is 1. The van der Waals surface area contributed by atoms with Gasteiger partial charge in [0.05, 0.1) is 5.01 Å². The first-order chi connectivity index (χ1) is 11.7. The molecule has 1 atom stereocenters. The summed E-state index contributed by atoms with van der Waals surface area (Å²) in [6, 6.07) is 10.2. The van der Waals surface area contributed by atoms with Crippen LogP contribution in [0.2, 0.25) is 0 Å². The number of nitrogens with two attached hydrogens (primary N) is 1. The molecule has 1 fully saturated rings. The van der Waals surface area contributed by atoms with E-state index in [9.17, 15) is 4.79 Å². The maximum Gasteiger partial charge on any atom is 0.404 e. The number of thiazole rings is 1. The van der Waals surface area contributed by atoms with Crippen molar-refractivity contribution in [3.8, 4) is 0 Å². The van der Waals surface area contributed by atoms with Crippen molar-refractivity contribution < 1.29 is 9.53 Å². The van der Waals surface area contributed by atoms with Crippen LogP contribution in [0.15, 0.2) is 36.5 Å². The average molecular weight is 345 g/mol. The summed E-state index contributed by atoms with van der Waals surface area (Å²) in [4.78, 5) is 16.7. The van der Waals surface area contributed by atoms with E-state index < -0.39 is 6.09 Å². The Morgan fingerprint density at radius 1 is 1.38 bits per heavy atom. The van der Waals surface area contributed by atoms with Crippen LogP contribution >= 0.6 is 11.3 Å². The second-order valence-corrected chi connectivity index (χ2v) is 7.34. The number of ether oxygens (including phenoxy) is 1. The molecule has 0 radical (unpaired) electrons. The van der Waals surface area contributed by atoms with Gasteiger partial charge in [0.1, 0.15) is 6.61 Å². The summed E-state index contributed by atoms with van der Waals surface area (Å²) in [6.07, 6.45) is 5.86. The molecule has 6 heteroatoms. The van der Waals surface area contributed by atoms with E-state index in [1.165, 1.54) is 34.7 Å². The molecule has 24 heavy (non-hydrogen) atoms. The van der Waals surface area contributed by atoms with Crippen LogP contribution in [0, 0.1) is 0 Å². The molecule has 1 saturated carbocycles. The van der Waals surface area contributed by atoms with Gasteiger partial charge in [-0.1, -0.05) is 36.8 Å². The molecule has 3 N–H and O–H groups in total. The smallest absolute Gasteiger partial charge is 0.404 e. The molecule has 0 spiro atoms. The molecule has 3 rings (SSSR count). The SMILES string of the molecule is NC(=O)OCC(Cc1ccccc1)NCc1cnc(C2CCC2)s1. The number of amides is 1. The van der Waals surface area contributed by atoms with Crippen LogP contribution in [0.5, 0.6) is 0 Å². The van der Waals surface area contributed by atoms with E-state index in [0.29, 0.717) is 5.92 Å². The molecule has 1 aliphatic rings. The third kappa shape index (κ3) is 4.79. The number of nitrogens with zero attached hydrogens (tertiary/aromatic N) is 1. The maximum absolute atomic E-state index is 10.9. The first kappa shape index (κ1) is 16.9. The van der Waals surface area contributed by atoms with Gasteiger partial charge in [-0.15, -0.1) is 11.3 Å². The largest absolute Gasteiger partial charge is 0.448 e. The predicted molar refractivity (Wildman–Crippen MR) is 95.0 cm³/mol. The quantitative estimate of drug-likeness (QED) is 0.770. The molecule has 2 aromatic rings. The highest BCUT2D eigenvalue weighted by molar-refractivity contribution is 7.11. The van der Waals surface area contributed by atoms with E-state index in [2.05, 4.69) is 22.4 Å². The summed E-state index contributed by atoms with van der Waals surface area (Å²) in [5.41, 5.74) is 6.30. The summed E-state index contributed by atoms with van der Waals surface area (Å²) >= 11 is 1.78. The fourth-order valence-corrected chi connectivity index (χ4v) is 3.80. The van der Waals surface area contributed by atoms with Gasteiger partial charge in [-0.05, 0) is 24.8 Å². The first-order valence-electron chi connectivity index (χ1n) is 8.35. The van der Waals surface area contributed by atoms with Crippen molar-refractivity contribution in [2.75, 3.05) is 6.61 Å². The van der Waals surface area contributed by atoms with Crippen molar-refractivity contribution in [2.24, 2.45) is 5.73 Å². The Balaban J connectivity index is 1.55. The minimum Gasteiger partial charge on any atom is -0.448 e. The molecule has 1 aliphatic carbocycles. The van der Waals surface area contributed by atoms with E-state index in [0.717, 1.165) is 13.0 Å². The van der Waals surface area contributed by atoms with Crippen molar-refractivity contribution in [1.29, 1.82) is 0 Å². The van der Waals surface area contributed by atoms with Gasteiger partial charge in [-0.2, -0.15) is 0 Å². The molecule has 1 heterocycles. The van der Waals surface area contributed by atoms with Gasteiger partial charge in [0, 0.05) is 29.6 Å². The fourth-order valence-electron chi connectivity index (χ4n) is 2.76. The Bertz CT molecular complexity index is 655. The zero-order chi connectivity index (χ0) is 16.8. The van der Waals surface area contributed by atoms with Crippen LogP contribution in [0.3, 0.4) is 0 Å². The number of hydrogen-bond acceptors (Lipinski definition) is 5. The second kappa shape index (κ2) is 8.26. The third-order valence-corrected chi connectivity index (χ3v) is 5.50.